The summed E-state index contributed by atoms with van der Waals surface area (Å²) >= 11 is 0. The topological polar surface area (TPSA) is 30.5 Å². The molecule has 2 fully saturated rings. The fourth-order valence-electron chi connectivity index (χ4n) is 3.23. The van der Waals surface area contributed by atoms with Crippen molar-refractivity contribution in [1.29, 1.82) is 0 Å². The van der Waals surface area contributed by atoms with Crippen LogP contribution in [0.5, 0.6) is 0 Å². The summed E-state index contributed by atoms with van der Waals surface area (Å²) in [5.41, 5.74) is 1.05. The van der Waals surface area contributed by atoms with E-state index < -0.39 is 0 Å². The van der Waals surface area contributed by atoms with E-state index in [9.17, 15) is 4.39 Å². The fourth-order valence-corrected chi connectivity index (χ4v) is 3.23. The Bertz CT molecular complexity index is 442. The van der Waals surface area contributed by atoms with Crippen LogP contribution in [-0.4, -0.2) is 31.5 Å². The zero-order valence-electron chi connectivity index (χ0n) is 11.9. The van der Waals surface area contributed by atoms with Crippen molar-refractivity contribution in [1.82, 2.24) is 5.32 Å². The van der Waals surface area contributed by atoms with E-state index in [4.69, 9.17) is 9.47 Å². The molecule has 0 radical (unpaired) electrons. The highest BCUT2D eigenvalue weighted by atomic mass is 19.1. The summed E-state index contributed by atoms with van der Waals surface area (Å²) in [6.07, 6.45) is 3.02. The summed E-state index contributed by atoms with van der Waals surface area (Å²) in [6.45, 7) is 4.44. The lowest BCUT2D eigenvalue weighted by atomic mass is 9.89. The summed E-state index contributed by atoms with van der Waals surface area (Å²) in [6, 6.07) is 7.39. The van der Waals surface area contributed by atoms with Crippen molar-refractivity contribution >= 4 is 0 Å². The third-order valence-corrected chi connectivity index (χ3v) is 4.42. The third-order valence-electron chi connectivity index (χ3n) is 4.42. The second-order valence-corrected chi connectivity index (χ2v) is 5.96. The highest BCUT2D eigenvalue weighted by Crippen LogP contribution is 2.33. The first kappa shape index (κ1) is 14.0. The van der Waals surface area contributed by atoms with Crippen LogP contribution in [0.3, 0.4) is 0 Å². The van der Waals surface area contributed by atoms with Gasteiger partial charge in [-0.15, -0.1) is 0 Å². The molecule has 0 aliphatic carbocycles. The van der Waals surface area contributed by atoms with Crippen molar-refractivity contribution in [2.24, 2.45) is 0 Å². The molecule has 1 spiro atoms. The van der Waals surface area contributed by atoms with Gasteiger partial charge in [-0.1, -0.05) is 12.1 Å². The van der Waals surface area contributed by atoms with Gasteiger partial charge in [-0.3, -0.25) is 0 Å². The van der Waals surface area contributed by atoms with Gasteiger partial charge in [-0.2, -0.15) is 0 Å². The molecule has 110 valence electrons. The molecule has 3 nitrogen and oxygen atoms in total. The van der Waals surface area contributed by atoms with Gasteiger partial charge in [-0.05, 0) is 37.5 Å². The van der Waals surface area contributed by atoms with Crippen LogP contribution in [0.1, 0.15) is 37.8 Å². The van der Waals surface area contributed by atoms with Crippen molar-refractivity contribution in [2.45, 2.75) is 43.9 Å². The maximum absolute atomic E-state index is 13.0. The summed E-state index contributed by atoms with van der Waals surface area (Å²) in [5, 5.41) is 3.65. The second-order valence-electron chi connectivity index (χ2n) is 5.96. The number of halogens is 1. The summed E-state index contributed by atoms with van der Waals surface area (Å²) < 4.78 is 24.4. The molecule has 0 saturated carbocycles. The number of benzene rings is 1. The molecule has 20 heavy (non-hydrogen) atoms. The second kappa shape index (κ2) is 5.80. The smallest absolute Gasteiger partial charge is 0.123 e. The molecule has 1 aromatic carbocycles. The number of nitrogens with one attached hydrogen (secondary N) is 1. The first-order valence-corrected chi connectivity index (χ1v) is 7.40. The van der Waals surface area contributed by atoms with Crippen LogP contribution in [0.2, 0.25) is 0 Å². The lowest BCUT2D eigenvalue weighted by molar-refractivity contribution is -0.0902. The van der Waals surface area contributed by atoms with Crippen molar-refractivity contribution in [3.05, 3.63) is 35.6 Å². The van der Waals surface area contributed by atoms with E-state index >= 15 is 0 Å². The highest BCUT2D eigenvalue weighted by Gasteiger charge is 2.41. The predicted molar refractivity (Wildman–Crippen MR) is 75.1 cm³/mol. The predicted octanol–water partition coefficient (Wildman–Crippen LogP) is 2.81. The molecule has 0 amide bonds. The first-order chi connectivity index (χ1) is 9.67. The zero-order chi connectivity index (χ0) is 14.0. The van der Waals surface area contributed by atoms with Gasteiger partial charge in [0.15, 0.2) is 0 Å². The van der Waals surface area contributed by atoms with Gasteiger partial charge >= 0.3 is 0 Å². The lowest BCUT2D eigenvalue weighted by Crippen LogP contribution is -2.48. The Morgan fingerprint density at radius 1 is 1.30 bits per heavy atom. The largest absolute Gasteiger partial charge is 0.378 e. The van der Waals surface area contributed by atoms with Gasteiger partial charge in [0, 0.05) is 31.7 Å². The van der Waals surface area contributed by atoms with Gasteiger partial charge in [0.2, 0.25) is 0 Å². The lowest BCUT2D eigenvalue weighted by Gasteiger charge is -2.38. The molecule has 3 atom stereocenters. The van der Waals surface area contributed by atoms with Crippen molar-refractivity contribution in [2.75, 3.05) is 19.8 Å². The van der Waals surface area contributed by atoms with E-state index in [-0.39, 0.29) is 17.5 Å². The van der Waals surface area contributed by atoms with Crippen molar-refractivity contribution in [3.63, 3.8) is 0 Å². The van der Waals surface area contributed by atoms with Gasteiger partial charge in [0.25, 0.3) is 0 Å². The number of rotatable bonds is 3. The molecule has 4 heteroatoms. The van der Waals surface area contributed by atoms with E-state index in [0.717, 1.165) is 44.6 Å². The van der Waals surface area contributed by atoms with Gasteiger partial charge in [0.05, 0.1) is 12.2 Å². The number of ether oxygens (including phenoxy) is 2. The standard InChI is InChI=1S/C16H22FNO2/c1-12(13-2-4-14(17)5-3-13)18-15-6-8-20-16(10-15)7-9-19-11-16/h2-5,12,15,18H,6-11H2,1H3. The Morgan fingerprint density at radius 2 is 2.10 bits per heavy atom. The van der Waals surface area contributed by atoms with E-state index in [1.165, 1.54) is 12.1 Å². The Balaban J connectivity index is 1.60. The average molecular weight is 279 g/mol. The molecular formula is C16H22FNO2. The molecule has 0 bridgehead atoms. The van der Waals surface area contributed by atoms with Crippen LogP contribution in [0.15, 0.2) is 24.3 Å². The van der Waals surface area contributed by atoms with Crippen LogP contribution in [0, 0.1) is 5.82 Å². The van der Waals surface area contributed by atoms with Gasteiger partial charge in [0.1, 0.15) is 5.82 Å². The average Bonchev–Trinajstić information content (AvgIpc) is 2.87. The normalized spacial score (nSPS) is 31.6. The molecule has 1 N–H and O–H groups in total. The minimum absolute atomic E-state index is 0.0710. The maximum atomic E-state index is 13.0. The van der Waals surface area contributed by atoms with Gasteiger partial charge < -0.3 is 14.8 Å². The first-order valence-electron chi connectivity index (χ1n) is 7.40. The Labute approximate surface area is 119 Å². The summed E-state index contributed by atoms with van der Waals surface area (Å²) in [5.74, 6) is -0.186. The number of hydrogen-bond donors (Lipinski definition) is 1. The molecule has 3 rings (SSSR count). The maximum Gasteiger partial charge on any atom is 0.123 e. The SMILES string of the molecule is CC(NC1CCOC2(CCOC2)C1)c1ccc(F)cc1. The summed E-state index contributed by atoms with van der Waals surface area (Å²) in [4.78, 5) is 0. The van der Waals surface area contributed by atoms with E-state index in [1.807, 2.05) is 12.1 Å². The quantitative estimate of drug-likeness (QED) is 0.923. The Morgan fingerprint density at radius 3 is 2.80 bits per heavy atom. The van der Waals surface area contributed by atoms with Crippen LogP contribution in [0.25, 0.3) is 0 Å². The van der Waals surface area contributed by atoms with Crippen LogP contribution in [0.4, 0.5) is 4.39 Å². The molecule has 2 heterocycles. The third kappa shape index (κ3) is 3.03. The molecule has 2 aliphatic heterocycles. The van der Waals surface area contributed by atoms with E-state index in [1.54, 1.807) is 0 Å². The van der Waals surface area contributed by atoms with Crippen LogP contribution < -0.4 is 5.32 Å². The van der Waals surface area contributed by atoms with E-state index in [0.29, 0.717) is 6.04 Å². The highest BCUT2D eigenvalue weighted by molar-refractivity contribution is 5.19. The minimum atomic E-state index is -0.186. The summed E-state index contributed by atoms with van der Waals surface area (Å²) in [7, 11) is 0. The molecule has 0 aromatic heterocycles. The van der Waals surface area contributed by atoms with E-state index in [2.05, 4.69) is 12.2 Å². The number of hydrogen-bond acceptors (Lipinski definition) is 3. The molecule has 1 aromatic rings. The molecule has 2 saturated heterocycles. The monoisotopic (exact) mass is 279 g/mol. The Kier molecular flexibility index (Phi) is 4.06. The van der Waals surface area contributed by atoms with Gasteiger partial charge in [-0.25, -0.2) is 4.39 Å². The minimum Gasteiger partial charge on any atom is -0.378 e. The fraction of sp³-hybridized carbons (Fsp3) is 0.625. The molecular weight excluding hydrogens is 257 g/mol. The molecule has 2 aliphatic rings. The van der Waals surface area contributed by atoms with Crippen molar-refractivity contribution in [3.8, 4) is 0 Å². The van der Waals surface area contributed by atoms with Crippen molar-refractivity contribution < 1.29 is 13.9 Å². The molecule has 3 unspecified atom stereocenters. The zero-order valence-corrected chi connectivity index (χ0v) is 11.9. The van der Waals surface area contributed by atoms with Crippen LogP contribution >= 0.6 is 0 Å². The Hall–Kier alpha value is -0.970. The van der Waals surface area contributed by atoms with Crippen LogP contribution in [-0.2, 0) is 9.47 Å².